The molecule has 1 fully saturated rings. The fourth-order valence-electron chi connectivity index (χ4n) is 2.94. The van der Waals surface area contributed by atoms with Crippen molar-refractivity contribution >= 4 is 5.91 Å². The molecule has 1 saturated carbocycles. The monoisotopic (exact) mass is 340 g/mol. The second-order valence-corrected chi connectivity index (χ2v) is 6.81. The number of benzene rings is 2. The van der Waals surface area contributed by atoms with E-state index in [0.29, 0.717) is 0 Å². The van der Waals surface area contributed by atoms with Crippen LogP contribution in [0.4, 0.5) is 4.39 Å². The van der Waals surface area contributed by atoms with Gasteiger partial charge in [0.05, 0.1) is 0 Å². The van der Waals surface area contributed by atoms with Crippen molar-refractivity contribution in [2.24, 2.45) is 0 Å². The van der Waals surface area contributed by atoms with Gasteiger partial charge in [-0.05, 0) is 49.4 Å². The Morgan fingerprint density at radius 1 is 1.08 bits per heavy atom. The SMILES string of the molecule is CC[C@@H](N[C@H](C(=O)NC1CC1)c1ccc(F)cc1)c1ccc(C)cc1. The number of aryl methyl sites for hydroxylation is 1. The number of hydrogen-bond acceptors (Lipinski definition) is 2. The molecule has 0 radical (unpaired) electrons. The highest BCUT2D eigenvalue weighted by Crippen LogP contribution is 2.25. The zero-order valence-corrected chi connectivity index (χ0v) is 14.8. The van der Waals surface area contributed by atoms with E-state index in [1.54, 1.807) is 12.1 Å². The van der Waals surface area contributed by atoms with Crippen LogP contribution in [0.25, 0.3) is 0 Å². The standard InChI is InChI=1S/C21H25FN2O/c1-3-19(15-6-4-14(2)5-7-15)24-20(21(25)23-18-12-13-18)16-8-10-17(22)11-9-16/h4-11,18-20,24H,3,12-13H2,1-2H3,(H,23,25)/t19-,20+/m1/s1. The van der Waals surface area contributed by atoms with Crippen LogP contribution in [0, 0.1) is 12.7 Å². The predicted molar refractivity (Wildman–Crippen MR) is 97.7 cm³/mol. The van der Waals surface area contributed by atoms with Crippen molar-refractivity contribution in [2.75, 3.05) is 0 Å². The molecule has 1 amide bonds. The van der Waals surface area contributed by atoms with Gasteiger partial charge in [-0.1, -0.05) is 48.9 Å². The topological polar surface area (TPSA) is 41.1 Å². The average molecular weight is 340 g/mol. The van der Waals surface area contributed by atoms with Gasteiger partial charge in [-0.2, -0.15) is 0 Å². The van der Waals surface area contributed by atoms with Crippen molar-refractivity contribution in [3.8, 4) is 0 Å². The van der Waals surface area contributed by atoms with E-state index in [0.717, 1.165) is 30.4 Å². The number of rotatable bonds is 7. The number of carbonyl (C=O) groups excluding carboxylic acids is 1. The molecule has 0 aromatic heterocycles. The molecule has 2 N–H and O–H groups in total. The van der Waals surface area contributed by atoms with Crippen LogP contribution in [0.1, 0.15) is 55.0 Å². The molecule has 2 atom stereocenters. The van der Waals surface area contributed by atoms with Gasteiger partial charge in [0.1, 0.15) is 11.9 Å². The Morgan fingerprint density at radius 2 is 1.68 bits per heavy atom. The minimum absolute atomic E-state index is 0.0420. The summed E-state index contributed by atoms with van der Waals surface area (Å²) < 4.78 is 13.3. The van der Waals surface area contributed by atoms with Crippen molar-refractivity contribution in [3.05, 3.63) is 71.0 Å². The van der Waals surface area contributed by atoms with E-state index in [2.05, 4.69) is 48.7 Å². The van der Waals surface area contributed by atoms with Crippen LogP contribution in [0.3, 0.4) is 0 Å². The Hall–Kier alpha value is -2.20. The van der Waals surface area contributed by atoms with Crippen molar-refractivity contribution in [3.63, 3.8) is 0 Å². The number of carbonyl (C=O) groups is 1. The summed E-state index contributed by atoms with van der Waals surface area (Å²) in [7, 11) is 0. The number of hydrogen-bond donors (Lipinski definition) is 2. The summed E-state index contributed by atoms with van der Waals surface area (Å²) in [4.78, 5) is 12.7. The Morgan fingerprint density at radius 3 is 2.24 bits per heavy atom. The van der Waals surface area contributed by atoms with Crippen LogP contribution in [-0.2, 0) is 4.79 Å². The van der Waals surface area contributed by atoms with Crippen LogP contribution in [-0.4, -0.2) is 11.9 Å². The van der Waals surface area contributed by atoms with Crippen molar-refractivity contribution in [1.29, 1.82) is 0 Å². The molecule has 0 heterocycles. The lowest BCUT2D eigenvalue weighted by atomic mass is 9.99. The highest BCUT2D eigenvalue weighted by Gasteiger charge is 2.29. The molecule has 3 nitrogen and oxygen atoms in total. The van der Waals surface area contributed by atoms with Gasteiger partial charge in [-0.3, -0.25) is 10.1 Å². The summed E-state index contributed by atoms with van der Waals surface area (Å²) in [6, 6.07) is 14.4. The first-order valence-corrected chi connectivity index (χ1v) is 8.95. The van der Waals surface area contributed by atoms with Crippen LogP contribution in [0.2, 0.25) is 0 Å². The molecule has 132 valence electrons. The van der Waals surface area contributed by atoms with E-state index >= 15 is 0 Å². The van der Waals surface area contributed by atoms with Gasteiger partial charge in [-0.25, -0.2) is 4.39 Å². The first-order valence-electron chi connectivity index (χ1n) is 8.95. The predicted octanol–water partition coefficient (Wildman–Crippen LogP) is 4.19. The Bertz CT molecular complexity index is 708. The summed E-state index contributed by atoms with van der Waals surface area (Å²) in [5, 5.41) is 6.54. The molecule has 4 heteroatoms. The van der Waals surface area contributed by atoms with Crippen molar-refractivity contribution in [1.82, 2.24) is 10.6 Å². The third kappa shape index (κ3) is 4.67. The summed E-state index contributed by atoms with van der Waals surface area (Å²) in [5.41, 5.74) is 3.14. The van der Waals surface area contributed by atoms with E-state index in [-0.39, 0.29) is 23.8 Å². The van der Waals surface area contributed by atoms with E-state index < -0.39 is 6.04 Å². The van der Waals surface area contributed by atoms with Gasteiger partial charge in [-0.15, -0.1) is 0 Å². The second kappa shape index (κ2) is 7.79. The molecule has 0 spiro atoms. The molecule has 0 aliphatic heterocycles. The molecule has 2 aromatic carbocycles. The smallest absolute Gasteiger partial charge is 0.241 e. The Kier molecular flexibility index (Phi) is 5.49. The lowest BCUT2D eigenvalue weighted by Gasteiger charge is -2.25. The van der Waals surface area contributed by atoms with E-state index in [1.165, 1.54) is 17.7 Å². The molecule has 3 rings (SSSR count). The average Bonchev–Trinajstić information content (AvgIpc) is 3.42. The molecule has 0 unspecified atom stereocenters. The summed E-state index contributed by atoms with van der Waals surface area (Å²) in [5.74, 6) is -0.338. The van der Waals surface area contributed by atoms with Gasteiger partial charge >= 0.3 is 0 Å². The van der Waals surface area contributed by atoms with Gasteiger partial charge < -0.3 is 5.32 Å². The molecule has 1 aliphatic rings. The lowest BCUT2D eigenvalue weighted by Crippen LogP contribution is -2.40. The summed E-state index contributed by atoms with van der Waals surface area (Å²) in [6.45, 7) is 4.15. The highest BCUT2D eigenvalue weighted by molar-refractivity contribution is 5.83. The Balaban J connectivity index is 1.82. The molecule has 0 saturated heterocycles. The number of amides is 1. The first kappa shape index (κ1) is 17.6. The first-order chi connectivity index (χ1) is 12.1. The van der Waals surface area contributed by atoms with Gasteiger partial charge in [0.2, 0.25) is 5.91 Å². The third-order valence-electron chi connectivity index (χ3n) is 4.65. The zero-order chi connectivity index (χ0) is 17.8. The maximum absolute atomic E-state index is 13.3. The maximum Gasteiger partial charge on any atom is 0.241 e. The lowest BCUT2D eigenvalue weighted by molar-refractivity contribution is -0.123. The van der Waals surface area contributed by atoms with Crippen LogP contribution < -0.4 is 10.6 Å². The van der Waals surface area contributed by atoms with E-state index in [9.17, 15) is 9.18 Å². The normalized spacial score (nSPS) is 16.3. The fraction of sp³-hybridized carbons (Fsp3) is 0.381. The molecule has 25 heavy (non-hydrogen) atoms. The van der Waals surface area contributed by atoms with E-state index in [4.69, 9.17) is 0 Å². The van der Waals surface area contributed by atoms with Crippen molar-refractivity contribution < 1.29 is 9.18 Å². The van der Waals surface area contributed by atoms with Crippen LogP contribution in [0.5, 0.6) is 0 Å². The minimum Gasteiger partial charge on any atom is -0.352 e. The van der Waals surface area contributed by atoms with Crippen molar-refractivity contribution in [2.45, 2.75) is 51.2 Å². The summed E-state index contributed by atoms with van der Waals surface area (Å²) >= 11 is 0. The quantitative estimate of drug-likeness (QED) is 0.793. The number of nitrogens with one attached hydrogen (secondary N) is 2. The van der Waals surface area contributed by atoms with Gasteiger partial charge in [0, 0.05) is 12.1 Å². The molecule has 0 bridgehead atoms. The maximum atomic E-state index is 13.3. The van der Waals surface area contributed by atoms with E-state index in [1.807, 2.05) is 0 Å². The second-order valence-electron chi connectivity index (χ2n) is 6.81. The molecular formula is C21H25FN2O. The zero-order valence-electron chi connectivity index (χ0n) is 14.8. The number of halogens is 1. The summed E-state index contributed by atoms with van der Waals surface area (Å²) in [6.07, 6.45) is 2.94. The molecule has 1 aliphatic carbocycles. The fourth-order valence-corrected chi connectivity index (χ4v) is 2.94. The third-order valence-corrected chi connectivity index (χ3v) is 4.65. The van der Waals surface area contributed by atoms with Crippen LogP contribution >= 0.6 is 0 Å². The molecular weight excluding hydrogens is 315 g/mol. The largest absolute Gasteiger partial charge is 0.352 e. The minimum atomic E-state index is -0.493. The van der Waals surface area contributed by atoms with Gasteiger partial charge in [0.15, 0.2) is 0 Å². The highest BCUT2D eigenvalue weighted by atomic mass is 19.1. The Labute approximate surface area is 148 Å². The van der Waals surface area contributed by atoms with Gasteiger partial charge in [0.25, 0.3) is 0 Å². The molecule has 2 aromatic rings. The van der Waals surface area contributed by atoms with Crippen LogP contribution in [0.15, 0.2) is 48.5 Å².